The van der Waals surface area contributed by atoms with Gasteiger partial charge in [0.2, 0.25) is 11.9 Å². The molecule has 9 heteroatoms. The minimum atomic E-state index is -0.222. The fourth-order valence-corrected chi connectivity index (χ4v) is 2.43. The van der Waals surface area contributed by atoms with Gasteiger partial charge in [-0.2, -0.15) is 0 Å². The summed E-state index contributed by atoms with van der Waals surface area (Å²) in [5.41, 5.74) is 6.02. The number of nitrogen functional groups attached to an aromatic ring is 1. The summed E-state index contributed by atoms with van der Waals surface area (Å²) in [6, 6.07) is 5.04. The molecule has 0 aliphatic carbocycles. The minimum Gasteiger partial charge on any atom is -0.368 e. The van der Waals surface area contributed by atoms with Crippen molar-refractivity contribution in [3.63, 3.8) is 0 Å². The van der Waals surface area contributed by atoms with Crippen molar-refractivity contribution in [2.24, 2.45) is 7.05 Å². The monoisotopic (exact) mass is 331 g/mol. The average Bonchev–Trinajstić information content (AvgIpc) is 2.73. The Morgan fingerprint density at radius 2 is 2.20 bits per heavy atom. The minimum absolute atomic E-state index is 0.162. The Morgan fingerprint density at radius 1 is 1.45 bits per heavy atom. The van der Waals surface area contributed by atoms with Gasteiger partial charge in [0.1, 0.15) is 0 Å². The molecule has 0 aliphatic rings. The van der Waals surface area contributed by atoms with E-state index in [1.54, 1.807) is 29.8 Å². The molecule has 3 N–H and O–H groups in total. The third kappa shape index (κ3) is 3.36. The van der Waals surface area contributed by atoms with Crippen LogP contribution in [-0.4, -0.2) is 26.4 Å². The maximum atomic E-state index is 11.8. The van der Waals surface area contributed by atoms with Crippen LogP contribution in [0.15, 0.2) is 23.4 Å². The normalized spacial score (nSPS) is 10.6. The summed E-state index contributed by atoms with van der Waals surface area (Å²) in [6.07, 6.45) is 0. The first-order valence-electron chi connectivity index (χ1n) is 5.50. The lowest BCUT2D eigenvalue weighted by molar-refractivity contribution is -0.113. The summed E-state index contributed by atoms with van der Waals surface area (Å²) in [4.78, 5) is 11.8. The van der Waals surface area contributed by atoms with E-state index in [2.05, 4.69) is 15.5 Å². The van der Waals surface area contributed by atoms with Gasteiger partial charge in [0.05, 0.1) is 21.5 Å². The Balaban J connectivity index is 1.96. The van der Waals surface area contributed by atoms with Crippen molar-refractivity contribution in [3.8, 4) is 0 Å². The molecule has 0 unspecified atom stereocenters. The molecule has 0 saturated carbocycles. The van der Waals surface area contributed by atoms with Crippen LogP contribution in [0.1, 0.15) is 0 Å². The molecular weight excluding hydrogens is 321 g/mol. The second-order valence-electron chi connectivity index (χ2n) is 3.84. The van der Waals surface area contributed by atoms with Crippen molar-refractivity contribution in [1.29, 1.82) is 0 Å². The van der Waals surface area contributed by atoms with Gasteiger partial charge in [-0.1, -0.05) is 41.0 Å². The molecule has 0 aliphatic heterocycles. The number of thioether (sulfide) groups is 1. The highest BCUT2D eigenvalue weighted by Crippen LogP contribution is 2.29. The summed E-state index contributed by atoms with van der Waals surface area (Å²) in [7, 11) is 1.73. The van der Waals surface area contributed by atoms with Gasteiger partial charge in [0.25, 0.3) is 0 Å². The largest absolute Gasteiger partial charge is 0.368 e. The molecule has 2 aromatic rings. The highest BCUT2D eigenvalue weighted by atomic mass is 35.5. The number of hydrogen-bond acceptors (Lipinski definition) is 5. The molecule has 0 atom stereocenters. The van der Waals surface area contributed by atoms with Crippen LogP contribution in [0, 0.1) is 0 Å². The second kappa shape index (κ2) is 6.34. The average molecular weight is 332 g/mol. The SMILES string of the molecule is Cn1c(N)nnc1SCC(=O)Nc1cccc(Cl)c1Cl. The Kier molecular flexibility index (Phi) is 4.74. The predicted molar refractivity (Wildman–Crippen MR) is 81.2 cm³/mol. The van der Waals surface area contributed by atoms with Crippen LogP contribution < -0.4 is 11.1 Å². The maximum absolute atomic E-state index is 11.8. The third-order valence-corrected chi connectivity index (χ3v) is 4.27. The fourth-order valence-electron chi connectivity index (χ4n) is 1.37. The van der Waals surface area contributed by atoms with E-state index in [4.69, 9.17) is 28.9 Å². The number of rotatable bonds is 4. The van der Waals surface area contributed by atoms with Crippen molar-refractivity contribution in [1.82, 2.24) is 14.8 Å². The molecule has 0 radical (unpaired) electrons. The van der Waals surface area contributed by atoms with Crippen molar-refractivity contribution in [3.05, 3.63) is 28.2 Å². The number of halogens is 2. The molecule has 1 heterocycles. The van der Waals surface area contributed by atoms with E-state index < -0.39 is 0 Å². The quantitative estimate of drug-likeness (QED) is 0.840. The van der Waals surface area contributed by atoms with Crippen molar-refractivity contribution >= 4 is 52.5 Å². The van der Waals surface area contributed by atoms with Gasteiger partial charge in [0, 0.05) is 7.05 Å². The first-order chi connectivity index (χ1) is 9.49. The molecular formula is C11H11Cl2N5OS. The van der Waals surface area contributed by atoms with E-state index in [1.165, 1.54) is 11.8 Å². The van der Waals surface area contributed by atoms with Gasteiger partial charge >= 0.3 is 0 Å². The molecule has 0 bridgehead atoms. The molecule has 1 aromatic carbocycles. The number of hydrogen-bond donors (Lipinski definition) is 2. The van der Waals surface area contributed by atoms with E-state index in [1.807, 2.05) is 0 Å². The summed E-state index contributed by atoms with van der Waals surface area (Å²) >= 11 is 13.1. The van der Waals surface area contributed by atoms with Gasteiger partial charge in [0.15, 0.2) is 5.16 Å². The first-order valence-corrected chi connectivity index (χ1v) is 7.24. The van der Waals surface area contributed by atoms with Crippen LogP contribution >= 0.6 is 35.0 Å². The summed E-state index contributed by atoms with van der Waals surface area (Å²) in [6.45, 7) is 0. The van der Waals surface area contributed by atoms with Crippen molar-refractivity contribution in [2.45, 2.75) is 5.16 Å². The Morgan fingerprint density at radius 3 is 2.85 bits per heavy atom. The van der Waals surface area contributed by atoms with Gasteiger partial charge in [-0.25, -0.2) is 0 Å². The zero-order valence-electron chi connectivity index (χ0n) is 10.4. The summed E-state index contributed by atoms with van der Waals surface area (Å²) in [5, 5.41) is 11.5. The van der Waals surface area contributed by atoms with E-state index in [9.17, 15) is 4.79 Å². The smallest absolute Gasteiger partial charge is 0.234 e. The van der Waals surface area contributed by atoms with Crippen LogP contribution in [0.4, 0.5) is 11.6 Å². The number of amides is 1. The molecule has 0 spiro atoms. The van der Waals surface area contributed by atoms with E-state index >= 15 is 0 Å². The molecule has 6 nitrogen and oxygen atoms in total. The highest BCUT2D eigenvalue weighted by molar-refractivity contribution is 7.99. The highest BCUT2D eigenvalue weighted by Gasteiger charge is 2.11. The lowest BCUT2D eigenvalue weighted by Gasteiger charge is -2.07. The number of nitrogens with zero attached hydrogens (tertiary/aromatic N) is 3. The molecule has 0 saturated heterocycles. The Bertz CT molecular complexity index is 646. The number of nitrogens with two attached hydrogens (primary N) is 1. The van der Waals surface area contributed by atoms with E-state index in [0.29, 0.717) is 26.8 Å². The number of carbonyl (C=O) groups excluding carboxylic acids is 1. The second-order valence-corrected chi connectivity index (χ2v) is 5.57. The van der Waals surface area contributed by atoms with Crippen LogP contribution in [0.3, 0.4) is 0 Å². The standard InChI is InChI=1S/C11H11Cl2N5OS/c1-18-10(14)16-17-11(18)20-5-8(19)15-7-4-2-3-6(12)9(7)13/h2-4H,5H2,1H3,(H2,14,16)(H,15,19). The zero-order chi connectivity index (χ0) is 14.7. The van der Waals surface area contributed by atoms with E-state index in [-0.39, 0.29) is 11.7 Å². The molecule has 20 heavy (non-hydrogen) atoms. The van der Waals surface area contributed by atoms with Gasteiger partial charge in [-0.05, 0) is 12.1 Å². The summed E-state index contributed by atoms with van der Waals surface area (Å²) < 4.78 is 1.60. The lowest BCUT2D eigenvalue weighted by Crippen LogP contribution is -2.14. The Labute approximate surface area is 129 Å². The fraction of sp³-hybridized carbons (Fsp3) is 0.182. The van der Waals surface area contributed by atoms with Gasteiger partial charge < -0.3 is 11.1 Å². The van der Waals surface area contributed by atoms with Crippen LogP contribution in [0.25, 0.3) is 0 Å². The number of anilines is 2. The topological polar surface area (TPSA) is 85.8 Å². The molecule has 1 aromatic heterocycles. The lowest BCUT2D eigenvalue weighted by atomic mass is 10.3. The summed E-state index contributed by atoms with van der Waals surface area (Å²) in [5.74, 6) is 0.237. The third-order valence-electron chi connectivity index (χ3n) is 2.43. The van der Waals surface area contributed by atoms with Crippen molar-refractivity contribution in [2.75, 3.05) is 16.8 Å². The predicted octanol–water partition coefficient (Wildman–Crippen LogP) is 2.43. The first kappa shape index (κ1) is 15.0. The van der Waals surface area contributed by atoms with Crippen LogP contribution in [0.2, 0.25) is 10.0 Å². The molecule has 1 amide bonds. The van der Waals surface area contributed by atoms with Gasteiger partial charge in [-0.15, -0.1) is 10.2 Å². The zero-order valence-corrected chi connectivity index (χ0v) is 12.8. The number of benzene rings is 1. The molecule has 2 rings (SSSR count). The number of aromatic nitrogens is 3. The van der Waals surface area contributed by atoms with Crippen LogP contribution in [0.5, 0.6) is 0 Å². The van der Waals surface area contributed by atoms with Gasteiger partial charge in [-0.3, -0.25) is 9.36 Å². The number of nitrogens with one attached hydrogen (secondary N) is 1. The molecule has 0 fully saturated rings. The Hall–Kier alpha value is -1.44. The maximum Gasteiger partial charge on any atom is 0.234 e. The number of carbonyl (C=O) groups is 1. The molecule has 106 valence electrons. The van der Waals surface area contributed by atoms with Crippen LogP contribution in [-0.2, 0) is 11.8 Å². The van der Waals surface area contributed by atoms with E-state index in [0.717, 1.165) is 0 Å². The van der Waals surface area contributed by atoms with Crippen molar-refractivity contribution < 1.29 is 4.79 Å².